The highest BCUT2D eigenvalue weighted by Crippen LogP contribution is 2.26. The summed E-state index contributed by atoms with van der Waals surface area (Å²) >= 11 is 0. The van der Waals surface area contributed by atoms with Crippen LogP contribution in [0.25, 0.3) is 10.8 Å². The van der Waals surface area contributed by atoms with E-state index in [0.29, 0.717) is 24.4 Å². The number of carbonyl (C=O) groups excluding carboxylic acids is 2. The van der Waals surface area contributed by atoms with Gasteiger partial charge in [0, 0.05) is 13.1 Å². The Hall–Kier alpha value is -3.58. The summed E-state index contributed by atoms with van der Waals surface area (Å²) in [7, 11) is 5.60. The van der Waals surface area contributed by atoms with Crippen molar-refractivity contribution < 1.29 is 19.1 Å². The number of amides is 2. The molecule has 0 saturated heterocycles. The topological polar surface area (TPSA) is 79.9 Å². The van der Waals surface area contributed by atoms with Crippen molar-refractivity contribution >= 4 is 22.6 Å². The first-order valence-electron chi connectivity index (χ1n) is 10.9. The van der Waals surface area contributed by atoms with Gasteiger partial charge >= 0.3 is 0 Å². The molecule has 0 radical (unpaired) electrons. The number of nitrogens with zero attached hydrogens (tertiary/aromatic N) is 1. The molecule has 0 saturated carbocycles. The molecule has 0 aliphatic heterocycles. The minimum absolute atomic E-state index is 0.185. The van der Waals surface area contributed by atoms with Gasteiger partial charge < -0.3 is 25.0 Å². The predicted octanol–water partition coefficient (Wildman–Crippen LogP) is 3.23. The van der Waals surface area contributed by atoms with Gasteiger partial charge in [-0.1, -0.05) is 36.4 Å². The van der Waals surface area contributed by atoms with Crippen molar-refractivity contribution in [2.45, 2.75) is 13.0 Å². The number of fused-ring (bicyclic) bond motifs is 1. The molecule has 0 heterocycles. The van der Waals surface area contributed by atoms with E-state index in [4.69, 9.17) is 9.47 Å². The van der Waals surface area contributed by atoms with E-state index in [0.717, 1.165) is 35.1 Å². The van der Waals surface area contributed by atoms with E-state index in [-0.39, 0.29) is 18.4 Å². The average molecular weight is 450 g/mol. The molecule has 0 atom stereocenters. The van der Waals surface area contributed by atoms with Gasteiger partial charge in [-0.05, 0) is 67.7 Å². The summed E-state index contributed by atoms with van der Waals surface area (Å²) in [5.74, 6) is 0.667. The van der Waals surface area contributed by atoms with Gasteiger partial charge in [-0.2, -0.15) is 0 Å². The molecule has 0 unspecified atom stereocenters. The Morgan fingerprint density at radius 1 is 0.939 bits per heavy atom. The largest absolute Gasteiger partial charge is 0.497 e. The fraction of sp³-hybridized carbons (Fsp3) is 0.308. The van der Waals surface area contributed by atoms with E-state index in [1.807, 2.05) is 62.6 Å². The second-order valence-corrected chi connectivity index (χ2v) is 8.02. The zero-order valence-electron chi connectivity index (χ0n) is 19.4. The lowest BCUT2D eigenvalue weighted by atomic mass is 10.1. The molecule has 174 valence electrons. The van der Waals surface area contributed by atoms with Crippen molar-refractivity contribution in [3.05, 3.63) is 71.8 Å². The monoisotopic (exact) mass is 449 g/mol. The number of hydrogen-bond acceptors (Lipinski definition) is 5. The van der Waals surface area contributed by atoms with Crippen molar-refractivity contribution in [1.82, 2.24) is 15.5 Å². The molecule has 2 N–H and O–H groups in total. The van der Waals surface area contributed by atoms with E-state index < -0.39 is 0 Å². The van der Waals surface area contributed by atoms with Crippen LogP contribution in [0.4, 0.5) is 0 Å². The molecule has 33 heavy (non-hydrogen) atoms. The summed E-state index contributed by atoms with van der Waals surface area (Å²) in [5.41, 5.74) is 1.37. The minimum Gasteiger partial charge on any atom is -0.497 e. The first kappa shape index (κ1) is 24.1. The van der Waals surface area contributed by atoms with Gasteiger partial charge in [-0.3, -0.25) is 9.59 Å². The zero-order valence-corrected chi connectivity index (χ0v) is 19.4. The second kappa shape index (κ2) is 11.9. The van der Waals surface area contributed by atoms with Gasteiger partial charge in [0.25, 0.3) is 11.8 Å². The number of rotatable bonds is 11. The lowest BCUT2D eigenvalue weighted by molar-refractivity contribution is -0.123. The molecule has 0 aliphatic rings. The smallest absolute Gasteiger partial charge is 0.258 e. The quantitative estimate of drug-likeness (QED) is 0.440. The normalized spacial score (nSPS) is 10.8. The maximum absolute atomic E-state index is 12.8. The zero-order chi connectivity index (χ0) is 23.6. The van der Waals surface area contributed by atoms with Gasteiger partial charge in [0.15, 0.2) is 6.61 Å². The van der Waals surface area contributed by atoms with Crippen LogP contribution >= 0.6 is 0 Å². The van der Waals surface area contributed by atoms with Crippen LogP contribution in [0.3, 0.4) is 0 Å². The molecule has 3 rings (SSSR count). The SMILES string of the molecule is COc1ccc(CNC(=O)COc2cc3ccccc3cc2C(=O)NCCCN(C)C)cc1. The molecule has 3 aromatic rings. The summed E-state index contributed by atoms with van der Waals surface area (Å²) in [6.45, 7) is 1.64. The minimum atomic E-state index is -0.267. The Morgan fingerprint density at radius 2 is 1.64 bits per heavy atom. The lowest BCUT2D eigenvalue weighted by Crippen LogP contribution is -2.30. The van der Waals surface area contributed by atoms with Crippen molar-refractivity contribution in [3.63, 3.8) is 0 Å². The van der Waals surface area contributed by atoms with Crippen LogP contribution in [-0.4, -0.2) is 57.6 Å². The van der Waals surface area contributed by atoms with Gasteiger partial charge in [-0.25, -0.2) is 0 Å². The Morgan fingerprint density at radius 3 is 2.30 bits per heavy atom. The van der Waals surface area contributed by atoms with E-state index in [1.165, 1.54) is 0 Å². The third-order valence-corrected chi connectivity index (χ3v) is 5.17. The van der Waals surface area contributed by atoms with E-state index in [1.54, 1.807) is 19.2 Å². The number of hydrogen-bond donors (Lipinski definition) is 2. The summed E-state index contributed by atoms with van der Waals surface area (Å²) in [6, 6.07) is 18.8. The number of benzene rings is 3. The first-order valence-corrected chi connectivity index (χ1v) is 10.9. The third kappa shape index (κ3) is 7.22. The molecule has 0 spiro atoms. The number of ether oxygens (including phenoxy) is 2. The van der Waals surface area contributed by atoms with Crippen molar-refractivity contribution in [3.8, 4) is 11.5 Å². The molecule has 0 fully saturated rings. The van der Waals surface area contributed by atoms with Crippen LogP contribution in [0, 0.1) is 0 Å². The number of nitrogens with one attached hydrogen (secondary N) is 2. The second-order valence-electron chi connectivity index (χ2n) is 8.02. The Labute approximate surface area is 194 Å². The van der Waals surface area contributed by atoms with E-state index in [9.17, 15) is 9.59 Å². The molecule has 0 aromatic heterocycles. The third-order valence-electron chi connectivity index (χ3n) is 5.17. The fourth-order valence-corrected chi connectivity index (χ4v) is 3.35. The highest BCUT2D eigenvalue weighted by molar-refractivity contribution is 6.01. The summed E-state index contributed by atoms with van der Waals surface area (Å²) in [4.78, 5) is 27.3. The van der Waals surface area contributed by atoms with Crippen molar-refractivity contribution in [2.75, 3.05) is 40.9 Å². The van der Waals surface area contributed by atoms with Gasteiger partial charge in [0.05, 0.1) is 12.7 Å². The van der Waals surface area contributed by atoms with Gasteiger partial charge in [0.2, 0.25) is 0 Å². The van der Waals surface area contributed by atoms with Crippen LogP contribution in [0.5, 0.6) is 11.5 Å². The highest BCUT2D eigenvalue weighted by atomic mass is 16.5. The summed E-state index contributed by atoms with van der Waals surface area (Å²) < 4.78 is 10.9. The summed E-state index contributed by atoms with van der Waals surface area (Å²) in [6.07, 6.45) is 0.844. The molecule has 0 aliphatic carbocycles. The Bertz CT molecular complexity index is 1080. The van der Waals surface area contributed by atoms with Crippen molar-refractivity contribution in [2.24, 2.45) is 0 Å². The van der Waals surface area contributed by atoms with E-state index >= 15 is 0 Å². The average Bonchev–Trinajstić information content (AvgIpc) is 2.83. The Kier molecular flexibility index (Phi) is 8.66. The molecule has 7 heteroatoms. The number of methoxy groups -OCH3 is 1. The first-order chi connectivity index (χ1) is 16.0. The van der Waals surface area contributed by atoms with Crippen LogP contribution < -0.4 is 20.1 Å². The van der Waals surface area contributed by atoms with Gasteiger partial charge in [0.1, 0.15) is 11.5 Å². The maximum atomic E-state index is 12.8. The highest BCUT2D eigenvalue weighted by Gasteiger charge is 2.15. The predicted molar refractivity (Wildman–Crippen MR) is 130 cm³/mol. The van der Waals surface area contributed by atoms with E-state index in [2.05, 4.69) is 15.5 Å². The number of carbonyl (C=O) groups is 2. The van der Waals surface area contributed by atoms with Crippen LogP contribution in [-0.2, 0) is 11.3 Å². The summed E-state index contributed by atoms with van der Waals surface area (Å²) in [5, 5.41) is 7.66. The lowest BCUT2D eigenvalue weighted by Gasteiger charge is -2.14. The van der Waals surface area contributed by atoms with Crippen LogP contribution in [0.15, 0.2) is 60.7 Å². The Balaban J connectivity index is 1.64. The molecular weight excluding hydrogens is 418 g/mol. The van der Waals surface area contributed by atoms with Gasteiger partial charge in [-0.15, -0.1) is 0 Å². The molecule has 3 aromatic carbocycles. The fourth-order valence-electron chi connectivity index (χ4n) is 3.35. The molecule has 7 nitrogen and oxygen atoms in total. The standard InChI is InChI=1S/C26H31N3O4/c1-29(2)14-6-13-27-26(31)23-15-20-7-4-5-8-21(20)16-24(23)33-18-25(30)28-17-19-9-11-22(32-3)12-10-19/h4-5,7-12,15-16H,6,13-14,17-18H2,1-3H3,(H,27,31)(H,28,30). The molecule has 0 bridgehead atoms. The maximum Gasteiger partial charge on any atom is 0.258 e. The molecular formula is C26H31N3O4. The van der Waals surface area contributed by atoms with Crippen molar-refractivity contribution in [1.29, 1.82) is 0 Å². The molecule has 2 amide bonds. The van der Waals surface area contributed by atoms with Crippen LogP contribution in [0.1, 0.15) is 22.3 Å². The van der Waals surface area contributed by atoms with Crippen LogP contribution in [0.2, 0.25) is 0 Å².